The molecule has 1 unspecified atom stereocenters. The minimum Gasteiger partial charge on any atom is -0.493 e. The van der Waals surface area contributed by atoms with Crippen molar-refractivity contribution in [3.63, 3.8) is 0 Å². The van der Waals surface area contributed by atoms with Gasteiger partial charge < -0.3 is 18.9 Å². The summed E-state index contributed by atoms with van der Waals surface area (Å²) in [6.07, 6.45) is 6.22. The lowest BCUT2D eigenvalue weighted by Gasteiger charge is -2.17. The number of para-hydroxylation sites is 2. The van der Waals surface area contributed by atoms with Crippen LogP contribution in [0.5, 0.6) is 11.5 Å². The van der Waals surface area contributed by atoms with E-state index in [1.54, 1.807) is 19.2 Å². The maximum absolute atomic E-state index is 13.3. The van der Waals surface area contributed by atoms with Crippen molar-refractivity contribution in [1.82, 2.24) is 14.5 Å². The van der Waals surface area contributed by atoms with Crippen molar-refractivity contribution in [2.45, 2.75) is 45.2 Å². The maximum atomic E-state index is 13.3. The molecule has 1 aliphatic rings. The minimum absolute atomic E-state index is 0.0153. The Morgan fingerprint density at radius 2 is 1.87 bits per heavy atom. The first kappa shape index (κ1) is 26.5. The Hall–Kier alpha value is -4.13. The number of fused-ring (bicyclic) bond motifs is 1. The first-order chi connectivity index (χ1) is 19.1. The number of carbonyl (C=O) groups excluding carboxylic acids is 1. The fourth-order valence-corrected chi connectivity index (χ4v) is 5.20. The minimum atomic E-state index is -0.273. The van der Waals surface area contributed by atoms with E-state index < -0.39 is 0 Å². The lowest BCUT2D eigenvalue weighted by molar-refractivity contribution is -0.128. The van der Waals surface area contributed by atoms with E-state index in [-0.39, 0.29) is 17.6 Å². The van der Waals surface area contributed by atoms with Crippen LogP contribution in [0.1, 0.15) is 49.1 Å². The van der Waals surface area contributed by atoms with Gasteiger partial charge in [-0.15, -0.1) is 0 Å². The zero-order valence-corrected chi connectivity index (χ0v) is 22.5. The average molecular weight is 528 g/mol. The summed E-state index contributed by atoms with van der Waals surface area (Å²) in [5.74, 6) is 2.26. The lowest BCUT2D eigenvalue weighted by Crippen LogP contribution is -2.24. The molecule has 1 saturated heterocycles. The Morgan fingerprint density at radius 3 is 2.67 bits per heavy atom. The van der Waals surface area contributed by atoms with Crippen molar-refractivity contribution < 1.29 is 18.7 Å². The highest BCUT2D eigenvalue weighted by Gasteiger charge is 2.34. The number of aryl methyl sites for hydroxylation is 1. The summed E-state index contributed by atoms with van der Waals surface area (Å²) in [5, 5.41) is 0. The van der Waals surface area contributed by atoms with E-state index in [0.717, 1.165) is 58.9 Å². The molecule has 1 aliphatic heterocycles. The smallest absolute Gasteiger partial charge is 0.223 e. The van der Waals surface area contributed by atoms with E-state index >= 15 is 0 Å². The number of allylic oxidation sites excluding steroid dienone is 1. The van der Waals surface area contributed by atoms with Gasteiger partial charge in [-0.25, -0.2) is 9.37 Å². The number of rotatable bonds is 11. The molecule has 0 bridgehead atoms. The molecular formula is C32H34FN3O3. The summed E-state index contributed by atoms with van der Waals surface area (Å²) in [5.41, 5.74) is 4.02. The number of nitrogens with zero attached hydrogens (tertiary/aromatic N) is 3. The van der Waals surface area contributed by atoms with Crippen LogP contribution in [0.4, 0.5) is 4.39 Å². The van der Waals surface area contributed by atoms with Gasteiger partial charge >= 0.3 is 0 Å². The van der Waals surface area contributed by atoms with Crippen LogP contribution in [0, 0.1) is 5.82 Å². The number of ether oxygens (including phenoxy) is 2. The first-order valence-electron chi connectivity index (χ1n) is 13.5. The predicted molar refractivity (Wildman–Crippen MR) is 151 cm³/mol. The Morgan fingerprint density at radius 1 is 1.05 bits per heavy atom. The number of hydrogen-bond acceptors (Lipinski definition) is 4. The molecule has 39 heavy (non-hydrogen) atoms. The van der Waals surface area contributed by atoms with Gasteiger partial charge in [0.2, 0.25) is 5.91 Å². The van der Waals surface area contributed by atoms with Crippen molar-refractivity contribution in [2.24, 2.45) is 0 Å². The summed E-state index contributed by atoms with van der Waals surface area (Å²) in [6.45, 7) is 4.44. The van der Waals surface area contributed by atoms with Crippen molar-refractivity contribution in [3.05, 3.63) is 95.6 Å². The average Bonchev–Trinajstić information content (AvgIpc) is 3.50. The molecule has 1 fully saturated rings. The molecule has 0 aliphatic carbocycles. The van der Waals surface area contributed by atoms with Gasteiger partial charge in [-0.05, 0) is 67.3 Å². The zero-order chi connectivity index (χ0) is 27.2. The van der Waals surface area contributed by atoms with Crippen LogP contribution in [0.2, 0.25) is 0 Å². The molecule has 0 spiro atoms. The predicted octanol–water partition coefficient (Wildman–Crippen LogP) is 6.59. The molecule has 1 atom stereocenters. The molecule has 0 radical (unpaired) electrons. The van der Waals surface area contributed by atoms with Crippen LogP contribution in [-0.2, 0) is 17.9 Å². The Labute approximate surface area is 228 Å². The number of methoxy groups -OCH3 is 1. The lowest BCUT2D eigenvalue weighted by atomic mass is 10.1. The number of unbranched alkanes of at least 4 members (excludes halogenated alkanes) is 1. The van der Waals surface area contributed by atoms with Crippen LogP contribution in [0.3, 0.4) is 0 Å². The largest absolute Gasteiger partial charge is 0.493 e. The third-order valence-electron chi connectivity index (χ3n) is 7.13. The second-order valence-electron chi connectivity index (χ2n) is 9.88. The SMILES string of the molecule is C/C=C/c1ccc(OCCCCn2c(C3CC(=O)N(Cc4ccc(F)cc4)C3)nc3ccccc32)c(OC)c1. The van der Waals surface area contributed by atoms with Crippen molar-refractivity contribution in [2.75, 3.05) is 20.3 Å². The zero-order valence-electron chi connectivity index (χ0n) is 22.5. The monoisotopic (exact) mass is 527 g/mol. The number of imidazole rings is 1. The molecule has 2 heterocycles. The van der Waals surface area contributed by atoms with Crippen LogP contribution < -0.4 is 9.47 Å². The fraction of sp³-hybridized carbons (Fsp3) is 0.312. The summed E-state index contributed by atoms with van der Waals surface area (Å²) in [4.78, 5) is 19.7. The summed E-state index contributed by atoms with van der Waals surface area (Å²) in [7, 11) is 1.65. The molecule has 0 saturated carbocycles. The van der Waals surface area contributed by atoms with Crippen LogP contribution in [0.25, 0.3) is 17.1 Å². The van der Waals surface area contributed by atoms with Gasteiger partial charge in [-0.2, -0.15) is 0 Å². The summed E-state index contributed by atoms with van der Waals surface area (Å²) in [6, 6.07) is 20.4. The number of hydrogen-bond donors (Lipinski definition) is 0. The second-order valence-corrected chi connectivity index (χ2v) is 9.88. The summed E-state index contributed by atoms with van der Waals surface area (Å²) >= 11 is 0. The fourth-order valence-electron chi connectivity index (χ4n) is 5.20. The molecule has 3 aromatic carbocycles. The van der Waals surface area contributed by atoms with Crippen molar-refractivity contribution in [3.8, 4) is 11.5 Å². The first-order valence-corrected chi connectivity index (χ1v) is 13.5. The third kappa shape index (κ3) is 6.14. The number of carbonyl (C=O) groups is 1. The van der Waals surface area contributed by atoms with Gasteiger partial charge in [0, 0.05) is 32.0 Å². The number of likely N-dealkylation sites (tertiary alicyclic amines) is 1. The highest BCUT2D eigenvalue weighted by atomic mass is 19.1. The second kappa shape index (κ2) is 12.2. The normalized spacial score (nSPS) is 15.5. The quantitative estimate of drug-likeness (QED) is 0.207. The number of benzene rings is 3. The molecule has 0 N–H and O–H groups in total. The molecule has 5 rings (SSSR count). The Balaban J connectivity index is 1.23. The van der Waals surface area contributed by atoms with E-state index in [9.17, 15) is 9.18 Å². The van der Waals surface area contributed by atoms with Gasteiger partial charge in [0.1, 0.15) is 11.6 Å². The van der Waals surface area contributed by atoms with E-state index in [1.807, 2.05) is 60.4 Å². The highest BCUT2D eigenvalue weighted by molar-refractivity contribution is 5.81. The van der Waals surface area contributed by atoms with Crippen LogP contribution >= 0.6 is 0 Å². The topological polar surface area (TPSA) is 56.6 Å². The number of amides is 1. The van der Waals surface area contributed by atoms with Gasteiger partial charge in [0.15, 0.2) is 11.5 Å². The molecule has 1 aromatic heterocycles. The van der Waals surface area contributed by atoms with Gasteiger partial charge in [0.05, 0.1) is 24.8 Å². The van der Waals surface area contributed by atoms with Gasteiger partial charge in [-0.3, -0.25) is 4.79 Å². The molecule has 6 nitrogen and oxygen atoms in total. The van der Waals surface area contributed by atoms with Crippen molar-refractivity contribution in [1.29, 1.82) is 0 Å². The molecule has 202 valence electrons. The highest BCUT2D eigenvalue weighted by Crippen LogP contribution is 2.32. The summed E-state index contributed by atoms with van der Waals surface area (Å²) < 4.78 is 27.1. The van der Waals surface area contributed by atoms with Crippen LogP contribution in [0.15, 0.2) is 72.8 Å². The Kier molecular flexibility index (Phi) is 8.25. The Bertz CT molecular complexity index is 1460. The van der Waals surface area contributed by atoms with E-state index in [0.29, 0.717) is 26.1 Å². The standard InChI is InChI=1S/C32H34FN3O3/c1-3-8-23-13-16-29(30(19-23)38-2)39-18-7-6-17-36-28-10-5-4-9-27(28)34-32(36)25-20-31(37)35(22-25)21-24-11-14-26(33)15-12-24/h3-5,8-16,19,25H,6-7,17-18,20-22H2,1-2H3/b8-3+. The number of halogens is 1. The van der Waals surface area contributed by atoms with E-state index in [2.05, 4.69) is 10.6 Å². The molecule has 4 aromatic rings. The van der Waals surface area contributed by atoms with Gasteiger partial charge in [0.25, 0.3) is 0 Å². The van der Waals surface area contributed by atoms with Crippen LogP contribution in [-0.4, -0.2) is 40.6 Å². The molecular weight excluding hydrogens is 493 g/mol. The maximum Gasteiger partial charge on any atom is 0.223 e. The molecule has 7 heteroatoms. The third-order valence-corrected chi connectivity index (χ3v) is 7.13. The molecule has 1 amide bonds. The van der Waals surface area contributed by atoms with E-state index in [4.69, 9.17) is 14.5 Å². The van der Waals surface area contributed by atoms with Gasteiger partial charge in [-0.1, -0.05) is 42.5 Å². The van der Waals surface area contributed by atoms with E-state index in [1.165, 1.54) is 12.1 Å². The number of aromatic nitrogens is 2. The van der Waals surface area contributed by atoms with Crippen molar-refractivity contribution >= 4 is 23.0 Å².